The number of esters is 1. The molecule has 0 aliphatic carbocycles. The quantitative estimate of drug-likeness (QED) is 0.788. The van der Waals surface area contributed by atoms with E-state index < -0.39 is 6.10 Å². The highest BCUT2D eigenvalue weighted by atomic mass is 16.7. The minimum absolute atomic E-state index is 0.123. The van der Waals surface area contributed by atoms with Gasteiger partial charge in [-0.25, -0.2) is 4.79 Å². The molecule has 0 saturated carbocycles. The Balaban J connectivity index is 1.46. The van der Waals surface area contributed by atoms with Crippen LogP contribution in [-0.2, 0) is 11.2 Å². The number of ether oxygens (including phenoxy) is 5. The smallest absolute Gasteiger partial charge is 0.343 e. The minimum atomic E-state index is -0.425. The topological polar surface area (TPSA) is 75.3 Å². The lowest BCUT2D eigenvalue weighted by Gasteiger charge is -2.31. The van der Waals surface area contributed by atoms with Gasteiger partial charge in [0.2, 0.25) is 13.6 Å². The first-order chi connectivity index (χ1) is 12.8. The fourth-order valence-corrected chi connectivity index (χ4v) is 4.17. The van der Waals surface area contributed by atoms with E-state index in [2.05, 4.69) is 5.32 Å². The van der Waals surface area contributed by atoms with E-state index in [0.717, 1.165) is 35.6 Å². The average molecular weight is 353 g/mol. The Kier molecular flexibility index (Phi) is 2.77. The number of nitrogens with one attached hydrogen (secondary N) is 1. The van der Waals surface area contributed by atoms with Crippen LogP contribution in [-0.4, -0.2) is 26.1 Å². The zero-order chi connectivity index (χ0) is 17.3. The fraction of sp³-hybridized carbons (Fsp3) is 0.316. The van der Waals surface area contributed by atoms with Crippen molar-refractivity contribution in [2.24, 2.45) is 0 Å². The van der Waals surface area contributed by atoms with Crippen LogP contribution in [0.25, 0.3) is 0 Å². The van der Waals surface area contributed by atoms with E-state index in [1.807, 2.05) is 24.3 Å². The zero-order valence-corrected chi connectivity index (χ0v) is 13.7. The van der Waals surface area contributed by atoms with Crippen molar-refractivity contribution >= 4 is 5.97 Å². The van der Waals surface area contributed by atoms with Gasteiger partial charge < -0.3 is 29.0 Å². The molecule has 0 saturated heterocycles. The predicted molar refractivity (Wildman–Crippen MR) is 87.7 cm³/mol. The third-order valence-electron chi connectivity index (χ3n) is 5.35. The Labute approximate surface area is 148 Å². The summed E-state index contributed by atoms with van der Waals surface area (Å²) in [5.41, 5.74) is 3.55. The number of fused-ring (bicyclic) bond motifs is 5. The van der Waals surface area contributed by atoms with Crippen LogP contribution < -0.4 is 24.3 Å². The van der Waals surface area contributed by atoms with Crippen LogP contribution in [0.5, 0.6) is 23.0 Å². The van der Waals surface area contributed by atoms with Gasteiger partial charge in [-0.1, -0.05) is 6.07 Å². The number of cyclic esters (lactones) is 1. The predicted octanol–water partition coefficient (Wildman–Crippen LogP) is 2.24. The van der Waals surface area contributed by atoms with Crippen LogP contribution in [0.15, 0.2) is 24.3 Å². The second kappa shape index (κ2) is 5.04. The maximum absolute atomic E-state index is 12.5. The number of carbonyl (C=O) groups excluding carboxylic acids is 1. The molecular formula is C19H15NO6. The maximum Gasteiger partial charge on any atom is 0.343 e. The van der Waals surface area contributed by atoms with Crippen LogP contribution in [0.3, 0.4) is 0 Å². The standard InChI is InChI=1S/C19H15NO6/c21-19-15-10(1-2-12-18(15)25-8-22-12)17(26-19)16-11-6-14-13(23-7-24-14)5-9(11)3-4-20-16/h1-2,5-6,16-17,20H,3-4,7-8H2/t16-,17+/m0/s1. The SMILES string of the molecule is O=C1O[C@@H]([C@H]2NCCc3cc4c(cc32)OCO4)c2ccc3c(c21)OCO3. The molecule has 0 fully saturated rings. The van der Waals surface area contributed by atoms with Crippen molar-refractivity contribution in [3.8, 4) is 23.0 Å². The molecule has 26 heavy (non-hydrogen) atoms. The third-order valence-corrected chi connectivity index (χ3v) is 5.35. The van der Waals surface area contributed by atoms with Gasteiger partial charge in [-0.15, -0.1) is 0 Å². The molecule has 0 radical (unpaired) electrons. The summed E-state index contributed by atoms with van der Waals surface area (Å²) in [6.07, 6.45) is 0.461. The molecule has 4 aliphatic rings. The summed E-state index contributed by atoms with van der Waals surface area (Å²) >= 11 is 0. The van der Waals surface area contributed by atoms with Crippen molar-refractivity contribution in [1.82, 2.24) is 5.32 Å². The van der Waals surface area contributed by atoms with E-state index >= 15 is 0 Å². The molecule has 7 heteroatoms. The van der Waals surface area contributed by atoms with E-state index in [-0.39, 0.29) is 25.6 Å². The molecule has 2 atom stereocenters. The van der Waals surface area contributed by atoms with Gasteiger partial charge in [0.25, 0.3) is 0 Å². The summed E-state index contributed by atoms with van der Waals surface area (Å²) in [6, 6.07) is 7.59. The van der Waals surface area contributed by atoms with Gasteiger partial charge in [0.1, 0.15) is 11.7 Å². The largest absolute Gasteiger partial charge is 0.454 e. The van der Waals surface area contributed by atoms with Crippen molar-refractivity contribution in [3.05, 3.63) is 46.5 Å². The first-order valence-electron chi connectivity index (χ1n) is 8.59. The van der Waals surface area contributed by atoms with E-state index in [9.17, 15) is 4.79 Å². The summed E-state index contributed by atoms with van der Waals surface area (Å²) in [5, 5.41) is 3.49. The van der Waals surface area contributed by atoms with Crippen LogP contribution in [0.4, 0.5) is 0 Å². The van der Waals surface area contributed by atoms with Crippen LogP contribution >= 0.6 is 0 Å². The molecule has 132 valence electrons. The highest BCUT2D eigenvalue weighted by molar-refractivity contribution is 5.98. The zero-order valence-electron chi connectivity index (χ0n) is 13.7. The number of benzene rings is 2. The van der Waals surface area contributed by atoms with Gasteiger partial charge in [-0.3, -0.25) is 0 Å². The van der Waals surface area contributed by atoms with Crippen molar-refractivity contribution < 1.29 is 28.5 Å². The second-order valence-corrected chi connectivity index (χ2v) is 6.68. The second-order valence-electron chi connectivity index (χ2n) is 6.68. The van der Waals surface area contributed by atoms with Gasteiger partial charge in [0.15, 0.2) is 23.0 Å². The Morgan fingerprint density at radius 2 is 1.73 bits per heavy atom. The number of rotatable bonds is 1. The van der Waals surface area contributed by atoms with Crippen molar-refractivity contribution in [2.75, 3.05) is 20.1 Å². The molecule has 6 rings (SSSR count). The molecule has 0 spiro atoms. The lowest BCUT2D eigenvalue weighted by atomic mass is 9.87. The summed E-state index contributed by atoms with van der Waals surface area (Å²) in [6.45, 7) is 1.16. The Morgan fingerprint density at radius 3 is 2.65 bits per heavy atom. The van der Waals surface area contributed by atoms with E-state index in [4.69, 9.17) is 23.7 Å². The lowest BCUT2D eigenvalue weighted by molar-refractivity contribution is 0.0284. The van der Waals surface area contributed by atoms with Crippen molar-refractivity contribution in [2.45, 2.75) is 18.6 Å². The van der Waals surface area contributed by atoms with E-state index in [1.54, 1.807) is 0 Å². The Morgan fingerprint density at radius 1 is 0.923 bits per heavy atom. The van der Waals surface area contributed by atoms with Crippen molar-refractivity contribution in [1.29, 1.82) is 0 Å². The number of hydrogen-bond acceptors (Lipinski definition) is 7. The van der Waals surface area contributed by atoms with Gasteiger partial charge >= 0.3 is 5.97 Å². The normalized spacial score (nSPS) is 24.2. The fourth-order valence-electron chi connectivity index (χ4n) is 4.17. The molecule has 0 unspecified atom stereocenters. The molecule has 0 bridgehead atoms. The monoisotopic (exact) mass is 353 g/mol. The molecule has 7 nitrogen and oxygen atoms in total. The lowest BCUT2D eigenvalue weighted by Crippen LogP contribution is -2.34. The molecule has 0 amide bonds. The first kappa shape index (κ1) is 14.3. The molecule has 4 heterocycles. The van der Waals surface area contributed by atoms with Gasteiger partial charge in [-0.2, -0.15) is 0 Å². The third kappa shape index (κ3) is 1.83. The summed E-state index contributed by atoms with van der Waals surface area (Å²) < 4.78 is 27.7. The van der Waals surface area contributed by atoms with E-state index in [1.165, 1.54) is 5.56 Å². The average Bonchev–Trinajstić information content (AvgIpc) is 3.37. The highest BCUT2D eigenvalue weighted by Gasteiger charge is 2.43. The number of hydrogen-bond donors (Lipinski definition) is 1. The van der Waals surface area contributed by atoms with E-state index in [0.29, 0.717) is 17.1 Å². The molecule has 2 aromatic carbocycles. The summed E-state index contributed by atoms with van der Waals surface area (Å²) in [4.78, 5) is 12.5. The molecule has 2 aromatic rings. The molecular weight excluding hydrogens is 338 g/mol. The summed E-state index contributed by atoms with van der Waals surface area (Å²) in [5.74, 6) is 2.20. The minimum Gasteiger partial charge on any atom is -0.454 e. The highest BCUT2D eigenvalue weighted by Crippen LogP contribution is 2.49. The van der Waals surface area contributed by atoms with Gasteiger partial charge in [0, 0.05) is 5.56 Å². The van der Waals surface area contributed by atoms with Crippen molar-refractivity contribution in [3.63, 3.8) is 0 Å². The van der Waals surface area contributed by atoms with Gasteiger partial charge in [-0.05, 0) is 42.3 Å². The summed E-state index contributed by atoms with van der Waals surface area (Å²) in [7, 11) is 0. The Bertz CT molecular complexity index is 956. The maximum atomic E-state index is 12.5. The number of carbonyl (C=O) groups is 1. The molecule has 0 aromatic heterocycles. The van der Waals surface area contributed by atoms with Crippen LogP contribution in [0, 0.1) is 0 Å². The molecule has 1 N–H and O–H groups in total. The first-order valence-corrected chi connectivity index (χ1v) is 8.59. The molecule has 4 aliphatic heterocycles. The van der Waals surface area contributed by atoms with Gasteiger partial charge in [0.05, 0.1) is 6.04 Å². The van der Waals surface area contributed by atoms with Crippen LogP contribution in [0.1, 0.15) is 39.2 Å². The Hall–Kier alpha value is -2.93. The van der Waals surface area contributed by atoms with Crippen LogP contribution in [0.2, 0.25) is 0 Å².